The molecule has 0 spiro atoms. The molecule has 0 radical (unpaired) electrons. The summed E-state index contributed by atoms with van der Waals surface area (Å²) in [4.78, 5) is 23.2. The third-order valence-corrected chi connectivity index (χ3v) is 10.2. The zero-order chi connectivity index (χ0) is 23.3. The van der Waals surface area contributed by atoms with Gasteiger partial charge in [-0.3, -0.25) is 9.59 Å². The fraction of sp³-hybridized carbons (Fsp3) is 0.852. The molecule has 0 aliphatic heterocycles. The number of carbonyl (C=O) groups excluding carboxylic acids is 2. The number of rotatable bonds is 5. The van der Waals surface area contributed by atoms with Crippen LogP contribution < -0.4 is 0 Å². The van der Waals surface area contributed by atoms with Crippen molar-refractivity contribution in [1.29, 1.82) is 0 Å². The molecule has 0 bridgehead atoms. The number of methoxy groups -OCH3 is 1. The fourth-order valence-corrected chi connectivity index (χ4v) is 8.44. The van der Waals surface area contributed by atoms with Gasteiger partial charge in [0.15, 0.2) is 0 Å². The average Bonchev–Trinajstić information content (AvgIpc) is 3.11. The van der Waals surface area contributed by atoms with Crippen molar-refractivity contribution in [2.45, 2.75) is 97.7 Å². The van der Waals surface area contributed by atoms with Crippen molar-refractivity contribution < 1.29 is 24.2 Å². The number of aliphatic hydroxyl groups excluding tert-OH is 1. The van der Waals surface area contributed by atoms with E-state index in [4.69, 9.17) is 9.47 Å². The highest BCUT2D eigenvalue weighted by Gasteiger charge is 2.60. The molecule has 32 heavy (non-hydrogen) atoms. The monoisotopic (exact) mass is 446 g/mol. The second-order valence-electron chi connectivity index (χ2n) is 11.6. The molecule has 5 heteroatoms. The lowest BCUT2D eigenvalue weighted by atomic mass is 9.47. The van der Waals surface area contributed by atoms with Gasteiger partial charge in [-0.05, 0) is 86.4 Å². The summed E-state index contributed by atoms with van der Waals surface area (Å²) in [5, 5.41) is 11.6. The van der Waals surface area contributed by atoms with Crippen LogP contribution in [0.4, 0.5) is 0 Å². The minimum absolute atomic E-state index is 0.0491. The third kappa shape index (κ3) is 3.82. The van der Waals surface area contributed by atoms with Crippen LogP contribution in [0.1, 0.15) is 85.5 Å². The third-order valence-electron chi connectivity index (χ3n) is 10.2. The molecule has 3 fully saturated rings. The minimum Gasteiger partial charge on any atom is -0.469 e. The van der Waals surface area contributed by atoms with E-state index in [0.717, 1.165) is 32.1 Å². The molecule has 0 aromatic carbocycles. The maximum Gasteiger partial charge on any atom is 0.305 e. The van der Waals surface area contributed by atoms with E-state index in [9.17, 15) is 14.7 Å². The zero-order valence-electron chi connectivity index (χ0n) is 20.6. The molecule has 5 nitrogen and oxygen atoms in total. The number of ether oxygens (including phenoxy) is 2. The van der Waals surface area contributed by atoms with E-state index >= 15 is 0 Å². The van der Waals surface area contributed by atoms with Gasteiger partial charge >= 0.3 is 11.9 Å². The number of hydrogen-bond donors (Lipinski definition) is 1. The first-order valence-corrected chi connectivity index (χ1v) is 12.8. The lowest BCUT2D eigenvalue weighted by molar-refractivity contribution is -0.151. The lowest BCUT2D eigenvalue weighted by Gasteiger charge is -2.58. The molecule has 4 rings (SSSR count). The van der Waals surface area contributed by atoms with Crippen molar-refractivity contribution in [2.24, 2.45) is 40.4 Å². The second kappa shape index (κ2) is 8.77. The minimum atomic E-state index is -0.436. The van der Waals surface area contributed by atoms with Crippen LogP contribution in [0.25, 0.3) is 0 Å². The van der Waals surface area contributed by atoms with Crippen LogP contribution >= 0.6 is 0 Å². The van der Waals surface area contributed by atoms with E-state index in [0.29, 0.717) is 36.0 Å². The average molecular weight is 447 g/mol. The van der Waals surface area contributed by atoms with Crippen LogP contribution in [-0.2, 0) is 19.1 Å². The predicted molar refractivity (Wildman–Crippen MR) is 123 cm³/mol. The topological polar surface area (TPSA) is 72.8 Å². The van der Waals surface area contributed by atoms with E-state index < -0.39 is 6.10 Å². The largest absolute Gasteiger partial charge is 0.469 e. The molecular weight excluding hydrogens is 404 g/mol. The molecule has 4 unspecified atom stereocenters. The Bertz CT molecular complexity index is 774. The number of allylic oxidation sites excluding steroid dienone is 1. The lowest BCUT2D eigenvalue weighted by Crippen LogP contribution is -2.53. The molecule has 0 aromatic heterocycles. The summed E-state index contributed by atoms with van der Waals surface area (Å²) < 4.78 is 10.4. The van der Waals surface area contributed by atoms with Crippen LogP contribution in [0, 0.1) is 40.4 Å². The smallest absolute Gasteiger partial charge is 0.305 e. The predicted octanol–water partition coefficient (Wildman–Crippen LogP) is 5.06. The molecule has 0 heterocycles. The Morgan fingerprint density at radius 1 is 1.19 bits per heavy atom. The first-order valence-electron chi connectivity index (χ1n) is 12.8. The number of hydrogen-bond acceptors (Lipinski definition) is 5. The Morgan fingerprint density at radius 2 is 1.94 bits per heavy atom. The highest BCUT2D eigenvalue weighted by Crippen LogP contribution is 2.66. The van der Waals surface area contributed by atoms with Crippen molar-refractivity contribution in [3.8, 4) is 0 Å². The van der Waals surface area contributed by atoms with Gasteiger partial charge in [0.1, 0.15) is 6.10 Å². The quantitative estimate of drug-likeness (QED) is 0.472. The van der Waals surface area contributed by atoms with Gasteiger partial charge in [0, 0.05) is 18.8 Å². The SMILES string of the molecule is COC(=O)CC[C@@H](C)C1CCC2C3CC[C@@H]4C[C@H](OC(C)=O)CC[C@]4(C)C3=CC(O)[C@@]21C. The van der Waals surface area contributed by atoms with Crippen LogP contribution in [0.3, 0.4) is 0 Å². The summed E-state index contributed by atoms with van der Waals surface area (Å²) in [5.41, 5.74) is 1.48. The van der Waals surface area contributed by atoms with Crippen molar-refractivity contribution >= 4 is 11.9 Å². The highest BCUT2D eigenvalue weighted by molar-refractivity contribution is 5.69. The summed E-state index contributed by atoms with van der Waals surface area (Å²) in [7, 11) is 1.45. The Balaban J connectivity index is 1.55. The summed E-state index contributed by atoms with van der Waals surface area (Å²) in [6, 6.07) is 0. The Kier molecular flexibility index (Phi) is 6.52. The van der Waals surface area contributed by atoms with Gasteiger partial charge in [0.2, 0.25) is 0 Å². The maximum atomic E-state index is 11.7. The molecule has 9 atom stereocenters. The summed E-state index contributed by atoms with van der Waals surface area (Å²) in [6.45, 7) is 8.48. The standard InChI is InChI=1S/C27H42O5/c1-16(6-11-25(30)31-5)21-9-10-22-20-8-7-18-14-19(32-17(2)28)12-13-26(18,3)23(20)15-24(29)27(21,22)4/h15-16,18-22,24,29H,6-14H2,1-5H3/t16-,18-,19-,20?,21?,22?,24?,26+,27-/m1/s1. The maximum absolute atomic E-state index is 11.7. The van der Waals surface area contributed by atoms with Crippen LogP contribution in [-0.4, -0.2) is 36.4 Å². The molecule has 180 valence electrons. The molecule has 3 saturated carbocycles. The number of carbonyl (C=O) groups is 2. The van der Waals surface area contributed by atoms with Crippen molar-refractivity contribution in [2.75, 3.05) is 7.11 Å². The van der Waals surface area contributed by atoms with Gasteiger partial charge in [-0.1, -0.05) is 32.4 Å². The molecule has 4 aliphatic carbocycles. The zero-order valence-corrected chi connectivity index (χ0v) is 20.6. The second-order valence-corrected chi connectivity index (χ2v) is 11.6. The van der Waals surface area contributed by atoms with E-state index in [2.05, 4.69) is 26.8 Å². The van der Waals surface area contributed by atoms with E-state index in [-0.39, 0.29) is 28.9 Å². The molecular formula is C27H42O5. The summed E-state index contributed by atoms with van der Waals surface area (Å²) in [5.74, 6) is 2.08. The normalized spacial score (nSPS) is 43.9. The molecule has 4 aliphatic rings. The van der Waals surface area contributed by atoms with Crippen molar-refractivity contribution in [3.05, 3.63) is 11.6 Å². The number of fused-ring (bicyclic) bond motifs is 5. The van der Waals surface area contributed by atoms with E-state index in [1.807, 2.05) is 0 Å². The van der Waals surface area contributed by atoms with Gasteiger partial charge in [0.05, 0.1) is 13.2 Å². The van der Waals surface area contributed by atoms with Gasteiger partial charge in [-0.15, -0.1) is 0 Å². The van der Waals surface area contributed by atoms with Crippen molar-refractivity contribution in [3.63, 3.8) is 0 Å². The van der Waals surface area contributed by atoms with Crippen LogP contribution in [0.15, 0.2) is 11.6 Å². The van der Waals surface area contributed by atoms with Gasteiger partial charge in [-0.25, -0.2) is 0 Å². The van der Waals surface area contributed by atoms with Gasteiger partial charge < -0.3 is 14.6 Å². The van der Waals surface area contributed by atoms with Crippen LogP contribution in [0.2, 0.25) is 0 Å². The van der Waals surface area contributed by atoms with Crippen molar-refractivity contribution in [1.82, 2.24) is 0 Å². The molecule has 0 saturated heterocycles. The first kappa shape index (κ1) is 23.8. The Hall–Kier alpha value is -1.36. The van der Waals surface area contributed by atoms with Gasteiger partial charge in [0.25, 0.3) is 0 Å². The fourth-order valence-electron chi connectivity index (χ4n) is 8.44. The highest BCUT2D eigenvalue weighted by atomic mass is 16.5. The first-order chi connectivity index (χ1) is 15.1. The molecule has 0 amide bonds. The van der Waals surface area contributed by atoms with E-state index in [1.54, 1.807) is 0 Å². The summed E-state index contributed by atoms with van der Waals surface area (Å²) in [6.07, 6.45) is 10.7. The van der Waals surface area contributed by atoms with E-state index in [1.165, 1.54) is 38.9 Å². The number of esters is 2. The van der Waals surface area contributed by atoms with Crippen LogP contribution in [0.5, 0.6) is 0 Å². The summed E-state index contributed by atoms with van der Waals surface area (Å²) >= 11 is 0. The molecule has 0 aromatic rings. The Labute approximate surface area is 193 Å². The Morgan fingerprint density at radius 3 is 2.62 bits per heavy atom. The molecule has 1 N–H and O–H groups in total. The number of aliphatic hydroxyl groups is 1. The van der Waals surface area contributed by atoms with Gasteiger partial charge in [-0.2, -0.15) is 0 Å².